The van der Waals surface area contributed by atoms with E-state index in [1.807, 2.05) is 0 Å². The summed E-state index contributed by atoms with van der Waals surface area (Å²) >= 11 is 0. The summed E-state index contributed by atoms with van der Waals surface area (Å²) in [6.07, 6.45) is 0.990. The molecule has 0 aliphatic carbocycles. The Hall–Kier alpha value is -0.680. The molecule has 0 bridgehead atoms. The van der Waals surface area contributed by atoms with Crippen molar-refractivity contribution in [2.75, 3.05) is 12.9 Å². The van der Waals surface area contributed by atoms with Crippen LogP contribution in [0.25, 0.3) is 0 Å². The van der Waals surface area contributed by atoms with Crippen LogP contribution in [-0.4, -0.2) is 26.2 Å². The Morgan fingerprint density at radius 2 is 1.82 bits per heavy atom. The highest BCUT2D eigenvalue weighted by Gasteiger charge is 2.19. The minimum atomic E-state index is -3.62. The van der Waals surface area contributed by atoms with Crippen LogP contribution in [0.5, 0.6) is 0 Å². The second-order valence-corrected chi connectivity index (χ2v) is 7.49. The molecule has 0 spiro atoms. The van der Waals surface area contributed by atoms with E-state index in [4.69, 9.17) is 4.52 Å². The van der Waals surface area contributed by atoms with Gasteiger partial charge in [0.05, 0.1) is 17.7 Å². The van der Waals surface area contributed by atoms with Crippen LogP contribution in [0.4, 0.5) is 0 Å². The van der Waals surface area contributed by atoms with E-state index in [0.29, 0.717) is 5.56 Å². The van der Waals surface area contributed by atoms with Gasteiger partial charge in [-0.25, -0.2) is 8.42 Å². The van der Waals surface area contributed by atoms with Gasteiger partial charge < -0.3 is 9.42 Å². The topological polar surface area (TPSA) is 80.7 Å². The molecule has 1 rings (SSSR count). The minimum Gasteiger partial charge on any atom is -0.324 e. The smallest absolute Gasteiger partial charge is 0.324 e. The molecule has 0 heterocycles. The molecule has 1 unspecified atom stereocenters. The summed E-state index contributed by atoms with van der Waals surface area (Å²) in [5, 5.41) is 0. The molecular formula is C10H15O5PS. The van der Waals surface area contributed by atoms with Gasteiger partial charge in [0.25, 0.3) is 0 Å². The van der Waals surface area contributed by atoms with Crippen molar-refractivity contribution in [3.8, 4) is 0 Å². The normalized spacial score (nSPS) is 15.5. The van der Waals surface area contributed by atoms with Gasteiger partial charge in [-0.05, 0) is 24.6 Å². The zero-order chi connectivity index (χ0) is 13.1. The van der Waals surface area contributed by atoms with E-state index in [0.717, 1.165) is 6.26 Å². The highest BCUT2D eigenvalue weighted by Crippen LogP contribution is 2.45. The van der Waals surface area contributed by atoms with Gasteiger partial charge in [-0.3, -0.25) is 4.57 Å². The van der Waals surface area contributed by atoms with Crippen molar-refractivity contribution in [3.05, 3.63) is 29.8 Å². The van der Waals surface area contributed by atoms with Crippen molar-refractivity contribution in [3.63, 3.8) is 0 Å². The Labute approximate surface area is 101 Å². The van der Waals surface area contributed by atoms with E-state index < -0.39 is 17.4 Å². The van der Waals surface area contributed by atoms with Gasteiger partial charge in [-0.1, -0.05) is 12.1 Å². The van der Waals surface area contributed by atoms with Crippen LogP contribution in [0.2, 0.25) is 0 Å². The van der Waals surface area contributed by atoms with Crippen molar-refractivity contribution in [1.82, 2.24) is 0 Å². The first-order valence-corrected chi connectivity index (χ1v) is 8.65. The minimum absolute atomic E-state index is 0.120. The summed E-state index contributed by atoms with van der Waals surface area (Å²) in [6, 6.07) is 5.85. The number of benzene rings is 1. The molecule has 5 nitrogen and oxygen atoms in total. The molecule has 0 amide bonds. The first-order valence-electron chi connectivity index (χ1n) is 5.00. The highest BCUT2D eigenvalue weighted by molar-refractivity contribution is 7.90. The first-order chi connectivity index (χ1) is 7.74. The van der Waals surface area contributed by atoms with Crippen molar-refractivity contribution in [2.45, 2.75) is 18.0 Å². The first kappa shape index (κ1) is 14.4. The molecule has 1 N–H and O–H groups in total. The lowest BCUT2D eigenvalue weighted by atomic mass is 10.2. The Balaban J connectivity index is 2.86. The summed E-state index contributed by atoms with van der Waals surface area (Å²) in [4.78, 5) is 9.60. The average molecular weight is 278 g/mol. The molecule has 1 atom stereocenters. The summed E-state index contributed by atoms with van der Waals surface area (Å²) in [5.41, 5.74) is 0.566. The number of rotatable bonds is 5. The lowest BCUT2D eigenvalue weighted by molar-refractivity contribution is 0.272. The van der Waals surface area contributed by atoms with Gasteiger partial charge in [-0.15, -0.1) is 0 Å². The lowest BCUT2D eigenvalue weighted by Gasteiger charge is -2.10. The van der Waals surface area contributed by atoms with Crippen LogP contribution < -0.4 is 0 Å². The fourth-order valence-corrected chi connectivity index (χ4v) is 3.12. The van der Waals surface area contributed by atoms with Gasteiger partial charge >= 0.3 is 7.60 Å². The maximum atomic E-state index is 11.5. The summed E-state index contributed by atoms with van der Waals surface area (Å²) in [5.74, 6) is 0. The highest BCUT2D eigenvalue weighted by atomic mass is 32.2. The summed E-state index contributed by atoms with van der Waals surface area (Å²) in [7, 11) is -6.86. The van der Waals surface area contributed by atoms with Gasteiger partial charge in [0, 0.05) is 6.26 Å². The van der Waals surface area contributed by atoms with Crippen LogP contribution in [0.3, 0.4) is 0 Å². The molecule has 96 valence electrons. The molecule has 0 saturated carbocycles. The Bertz CT molecular complexity index is 520. The van der Waals surface area contributed by atoms with E-state index in [9.17, 15) is 17.9 Å². The van der Waals surface area contributed by atoms with Gasteiger partial charge in [-0.2, -0.15) is 0 Å². The standard InChI is InChI=1S/C10H15O5PS/c1-3-15-16(11,12)8-9-4-6-10(7-5-9)17(2,13)14/h4-7H,3,8H2,1-2H3,(H,11,12). The van der Waals surface area contributed by atoms with E-state index in [1.54, 1.807) is 6.92 Å². The third kappa shape index (κ3) is 4.60. The lowest BCUT2D eigenvalue weighted by Crippen LogP contribution is -1.98. The Morgan fingerprint density at radius 1 is 1.29 bits per heavy atom. The van der Waals surface area contributed by atoms with Crippen LogP contribution >= 0.6 is 7.60 Å². The molecule has 7 heteroatoms. The van der Waals surface area contributed by atoms with Crippen molar-refractivity contribution in [1.29, 1.82) is 0 Å². The van der Waals surface area contributed by atoms with Crippen LogP contribution in [0, 0.1) is 0 Å². The molecule has 17 heavy (non-hydrogen) atoms. The molecule has 0 aliphatic heterocycles. The SMILES string of the molecule is CCOP(=O)(O)Cc1ccc(S(C)(=O)=O)cc1. The molecule has 1 aromatic carbocycles. The predicted octanol–water partition coefficient (Wildman–Crippen LogP) is 1.81. The van der Waals surface area contributed by atoms with E-state index in [1.165, 1.54) is 24.3 Å². The Kier molecular flexibility index (Phi) is 4.49. The molecule has 0 saturated heterocycles. The fraction of sp³-hybridized carbons (Fsp3) is 0.400. The number of hydrogen-bond donors (Lipinski definition) is 1. The predicted molar refractivity (Wildman–Crippen MR) is 64.7 cm³/mol. The van der Waals surface area contributed by atoms with Crippen LogP contribution in [0.15, 0.2) is 29.2 Å². The largest absolute Gasteiger partial charge is 0.332 e. The number of sulfone groups is 1. The summed E-state index contributed by atoms with van der Waals surface area (Å²) < 4.78 is 38.6. The Morgan fingerprint density at radius 3 is 2.24 bits per heavy atom. The zero-order valence-electron chi connectivity index (χ0n) is 9.66. The zero-order valence-corrected chi connectivity index (χ0v) is 11.4. The van der Waals surface area contributed by atoms with Crippen molar-refractivity contribution >= 4 is 17.4 Å². The molecule has 0 radical (unpaired) electrons. The fourth-order valence-electron chi connectivity index (χ4n) is 1.32. The van der Waals surface area contributed by atoms with Gasteiger partial charge in [0.1, 0.15) is 0 Å². The molecular weight excluding hydrogens is 263 g/mol. The van der Waals surface area contributed by atoms with Crippen molar-refractivity contribution in [2.24, 2.45) is 0 Å². The quantitative estimate of drug-likeness (QED) is 0.831. The summed E-state index contributed by atoms with van der Waals surface area (Å²) in [6.45, 7) is 1.80. The van der Waals surface area contributed by atoms with Crippen molar-refractivity contribution < 1.29 is 22.4 Å². The van der Waals surface area contributed by atoms with Gasteiger partial charge in [0.15, 0.2) is 9.84 Å². The third-order valence-electron chi connectivity index (χ3n) is 2.06. The molecule has 0 fully saturated rings. The molecule has 0 aromatic heterocycles. The number of hydrogen-bond acceptors (Lipinski definition) is 4. The van der Waals surface area contributed by atoms with E-state index in [-0.39, 0.29) is 17.7 Å². The van der Waals surface area contributed by atoms with E-state index in [2.05, 4.69) is 0 Å². The third-order valence-corrected chi connectivity index (χ3v) is 4.62. The van der Waals surface area contributed by atoms with E-state index >= 15 is 0 Å². The monoisotopic (exact) mass is 278 g/mol. The second-order valence-electron chi connectivity index (χ2n) is 3.63. The van der Waals surface area contributed by atoms with Crippen LogP contribution in [-0.2, 0) is 25.1 Å². The maximum absolute atomic E-state index is 11.5. The molecule has 1 aromatic rings. The van der Waals surface area contributed by atoms with Gasteiger partial charge in [0.2, 0.25) is 0 Å². The average Bonchev–Trinajstić information content (AvgIpc) is 2.16. The van der Waals surface area contributed by atoms with Crippen LogP contribution in [0.1, 0.15) is 12.5 Å². The second kappa shape index (κ2) is 5.31. The maximum Gasteiger partial charge on any atom is 0.332 e. The molecule has 0 aliphatic rings.